The van der Waals surface area contributed by atoms with Crippen molar-refractivity contribution in [3.05, 3.63) is 53.7 Å². The van der Waals surface area contributed by atoms with E-state index < -0.39 is 0 Å². The van der Waals surface area contributed by atoms with E-state index in [9.17, 15) is 9.59 Å². The molecule has 11 heteroatoms. The number of aromatic nitrogens is 4. The molecule has 10 nitrogen and oxygen atoms in total. The van der Waals surface area contributed by atoms with Crippen LogP contribution < -0.4 is 15.5 Å². The van der Waals surface area contributed by atoms with Crippen molar-refractivity contribution in [2.45, 2.75) is 31.7 Å². The fourth-order valence-corrected chi connectivity index (χ4v) is 4.51. The normalized spacial score (nSPS) is 17.4. The fraction of sp³-hybridized carbons (Fsp3) is 0.391. The summed E-state index contributed by atoms with van der Waals surface area (Å²) in [4.78, 5) is 26.9. The first-order valence-corrected chi connectivity index (χ1v) is 12.1. The largest absolute Gasteiger partial charge is 0.462 e. The fourth-order valence-electron chi connectivity index (χ4n) is 3.77. The molecule has 1 aliphatic carbocycles. The Morgan fingerprint density at radius 2 is 1.97 bits per heavy atom. The summed E-state index contributed by atoms with van der Waals surface area (Å²) in [5.74, 6) is 0.798. The molecule has 34 heavy (non-hydrogen) atoms. The lowest BCUT2D eigenvalue weighted by molar-refractivity contribution is -0.115. The number of benzene rings is 1. The standard InChI is InChI=1S/C23H25N7O3S/c31-20(12-16-3-1-4-17(11-16)21(32)33-14-15-6-7-15)26-23-29-28-22(34-23)25-18-8-10-30(13-18)19-5-2-9-24-27-19/h1-5,9,11,15,18H,6-8,10,12-14H2,(H,25,28)(H,26,29,31)/t18-/m1/s1. The number of carbonyl (C=O) groups is 2. The second-order valence-corrected chi connectivity index (χ2v) is 9.51. The Labute approximate surface area is 200 Å². The number of nitrogens with one attached hydrogen (secondary N) is 2. The molecule has 3 heterocycles. The molecule has 5 rings (SSSR count). The van der Waals surface area contributed by atoms with Crippen LogP contribution in [0.4, 0.5) is 16.1 Å². The average molecular weight is 480 g/mol. The van der Waals surface area contributed by atoms with Crippen LogP contribution in [-0.2, 0) is 16.0 Å². The number of rotatable bonds is 9. The number of hydrogen-bond donors (Lipinski definition) is 2. The zero-order valence-corrected chi connectivity index (χ0v) is 19.3. The monoisotopic (exact) mass is 479 g/mol. The van der Waals surface area contributed by atoms with Gasteiger partial charge in [0.15, 0.2) is 5.82 Å². The van der Waals surface area contributed by atoms with Gasteiger partial charge in [0.2, 0.25) is 16.2 Å². The second-order valence-electron chi connectivity index (χ2n) is 8.54. The van der Waals surface area contributed by atoms with Crippen LogP contribution in [0.1, 0.15) is 35.2 Å². The summed E-state index contributed by atoms with van der Waals surface area (Å²) in [7, 11) is 0. The highest BCUT2D eigenvalue weighted by molar-refractivity contribution is 7.19. The van der Waals surface area contributed by atoms with Gasteiger partial charge in [0.1, 0.15) is 0 Å². The molecule has 2 N–H and O–H groups in total. The second kappa shape index (κ2) is 10.1. The van der Waals surface area contributed by atoms with Crippen LogP contribution in [-0.4, -0.2) is 58.0 Å². The number of anilines is 3. The Bertz CT molecular complexity index is 1150. The molecule has 1 aliphatic heterocycles. The van der Waals surface area contributed by atoms with Crippen molar-refractivity contribution in [2.75, 3.05) is 35.2 Å². The highest BCUT2D eigenvalue weighted by Gasteiger charge is 2.25. The van der Waals surface area contributed by atoms with Gasteiger partial charge in [-0.05, 0) is 55.0 Å². The highest BCUT2D eigenvalue weighted by atomic mass is 32.1. The third-order valence-electron chi connectivity index (χ3n) is 5.74. The van der Waals surface area contributed by atoms with Gasteiger partial charge in [0.05, 0.1) is 18.6 Å². The Kier molecular flexibility index (Phi) is 6.61. The lowest BCUT2D eigenvalue weighted by Gasteiger charge is -2.16. The number of amides is 1. The molecule has 1 saturated carbocycles. The first kappa shape index (κ1) is 22.2. The zero-order chi connectivity index (χ0) is 23.3. The van der Waals surface area contributed by atoms with Crippen molar-refractivity contribution in [3.8, 4) is 0 Å². The van der Waals surface area contributed by atoms with Crippen molar-refractivity contribution in [1.29, 1.82) is 0 Å². The smallest absolute Gasteiger partial charge is 0.338 e. The molecule has 1 saturated heterocycles. The maximum atomic E-state index is 12.5. The van der Waals surface area contributed by atoms with E-state index in [1.807, 2.05) is 18.2 Å². The molecule has 0 spiro atoms. The molecule has 2 fully saturated rings. The van der Waals surface area contributed by atoms with E-state index in [0.717, 1.165) is 43.7 Å². The van der Waals surface area contributed by atoms with Crippen LogP contribution in [0.3, 0.4) is 0 Å². The molecule has 0 bridgehead atoms. The van der Waals surface area contributed by atoms with Crippen molar-refractivity contribution < 1.29 is 14.3 Å². The van der Waals surface area contributed by atoms with Crippen molar-refractivity contribution in [3.63, 3.8) is 0 Å². The number of nitrogens with zero attached hydrogens (tertiary/aromatic N) is 5. The minimum Gasteiger partial charge on any atom is -0.462 e. The van der Waals surface area contributed by atoms with E-state index in [1.54, 1.807) is 24.4 Å². The van der Waals surface area contributed by atoms with Gasteiger partial charge in [-0.25, -0.2) is 4.79 Å². The van der Waals surface area contributed by atoms with Crippen molar-refractivity contribution >= 4 is 39.3 Å². The van der Waals surface area contributed by atoms with Crippen molar-refractivity contribution in [2.24, 2.45) is 5.92 Å². The minimum absolute atomic E-state index is 0.127. The van der Waals surface area contributed by atoms with Gasteiger partial charge >= 0.3 is 5.97 Å². The number of carbonyl (C=O) groups excluding carboxylic acids is 2. The predicted octanol–water partition coefficient (Wildman–Crippen LogP) is 2.77. The predicted molar refractivity (Wildman–Crippen MR) is 128 cm³/mol. The van der Waals surface area contributed by atoms with Gasteiger partial charge in [-0.3, -0.25) is 4.79 Å². The minimum atomic E-state index is -0.348. The number of hydrogen-bond acceptors (Lipinski definition) is 10. The summed E-state index contributed by atoms with van der Waals surface area (Å²) in [5, 5.41) is 23.6. The van der Waals surface area contributed by atoms with E-state index in [2.05, 4.69) is 35.9 Å². The third-order valence-corrected chi connectivity index (χ3v) is 6.51. The Hall–Kier alpha value is -3.60. The van der Waals surface area contributed by atoms with Crippen LogP contribution >= 0.6 is 11.3 Å². The first-order chi connectivity index (χ1) is 16.6. The van der Waals surface area contributed by atoms with Crippen LogP contribution in [0, 0.1) is 5.92 Å². The Morgan fingerprint density at radius 1 is 1.09 bits per heavy atom. The van der Waals surface area contributed by atoms with Gasteiger partial charge in [-0.15, -0.1) is 15.3 Å². The molecule has 2 aliphatic rings. The SMILES string of the molecule is O=C(Cc1cccc(C(=O)OCC2CC2)c1)Nc1nnc(N[C@@H]2CCN(c3cccnn3)C2)s1. The molecule has 0 radical (unpaired) electrons. The zero-order valence-electron chi connectivity index (χ0n) is 18.5. The van der Waals surface area contributed by atoms with E-state index in [-0.39, 0.29) is 24.3 Å². The van der Waals surface area contributed by atoms with Gasteiger partial charge in [-0.1, -0.05) is 23.5 Å². The molecule has 1 atom stereocenters. The first-order valence-electron chi connectivity index (χ1n) is 11.3. The van der Waals surface area contributed by atoms with Crippen LogP contribution in [0.5, 0.6) is 0 Å². The summed E-state index contributed by atoms with van der Waals surface area (Å²) in [5.41, 5.74) is 1.19. The molecule has 1 amide bonds. The Balaban J connectivity index is 1.10. The topological polar surface area (TPSA) is 122 Å². The molecule has 176 valence electrons. The molecule has 3 aromatic rings. The van der Waals surface area contributed by atoms with Gasteiger partial charge in [0.25, 0.3) is 0 Å². The molecule has 0 unspecified atom stereocenters. The molecular weight excluding hydrogens is 454 g/mol. The van der Waals surface area contributed by atoms with E-state index in [4.69, 9.17) is 4.74 Å². The van der Waals surface area contributed by atoms with Crippen LogP contribution in [0.25, 0.3) is 0 Å². The summed E-state index contributed by atoms with van der Waals surface area (Å²) in [6.07, 6.45) is 4.97. The average Bonchev–Trinajstić information content (AvgIpc) is 3.40. The van der Waals surface area contributed by atoms with E-state index >= 15 is 0 Å². The van der Waals surface area contributed by atoms with Gasteiger partial charge in [0, 0.05) is 25.3 Å². The summed E-state index contributed by atoms with van der Waals surface area (Å²) in [6, 6.07) is 11.0. The lowest BCUT2D eigenvalue weighted by Crippen LogP contribution is -2.26. The summed E-state index contributed by atoms with van der Waals surface area (Å²) in [6.45, 7) is 2.14. The quantitative estimate of drug-likeness (QED) is 0.446. The van der Waals surface area contributed by atoms with Gasteiger partial charge < -0.3 is 20.3 Å². The molecular formula is C23H25N7O3S. The van der Waals surface area contributed by atoms with Gasteiger partial charge in [-0.2, -0.15) is 5.10 Å². The van der Waals surface area contributed by atoms with E-state index in [1.165, 1.54) is 11.3 Å². The highest BCUT2D eigenvalue weighted by Crippen LogP contribution is 2.29. The summed E-state index contributed by atoms with van der Waals surface area (Å²) >= 11 is 1.29. The van der Waals surface area contributed by atoms with Crippen LogP contribution in [0.2, 0.25) is 0 Å². The molecule has 1 aromatic carbocycles. The van der Waals surface area contributed by atoms with E-state index in [0.29, 0.717) is 28.4 Å². The lowest BCUT2D eigenvalue weighted by atomic mass is 10.1. The third kappa shape index (κ3) is 5.84. The van der Waals surface area contributed by atoms with Crippen LogP contribution in [0.15, 0.2) is 42.6 Å². The summed E-state index contributed by atoms with van der Waals surface area (Å²) < 4.78 is 5.32. The maximum Gasteiger partial charge on any atom is 0.338 e. The molecule has 2 aromatic heterocycles. The van der Waals surface area contributed by atoms with Crippen molar-refractivity contribution in [1.82, 2.24) is 20.4 Å². The Morgan fingerprint density at radius 3 is 2.79 bits per heavy atom. The number of ether oxygens (including phenoxy) is 1. The number of esters is 1. The maximum absolute atomic E-state index is 12.5.